The van der Waals surface area contributed by atoms with Crippen molar-refractivity contribution in [2.75, 3.05) is 6.54 Å². The molecule has 14 heavy (non-hydrogen) atoms. The van der Waals surface area contributed by atoms with Gasteiger partial charge in [0.15, 0.2) is 0 Å². The molecule has 2 N–H and O–H groups in total. The van der Waals surface area contributed by atoms with Crippen molar-refractivity contribution in [3.05, 3.63) is 0 Å². The predicted molar refractivity (Wildman–Crippen MR) is 58.2 cm³/mol. The van der Waals surface area contributed by atoms with Gasteiger partial charge in [-0.3, -0.25) is 0 Å². The minimum Gasteiger partial charge on any atom is -0.389 e. The summed E-state index contributed by atoms with van der Waals surface area (Å²) in [6, 6.07) is 0.722. The molecule has 2 aliphatic carbocycles. The molecule has 2 atom stereocenters. The Hall–Kier alpha value is -0.0800. The van der Waals surface area contributed by atoms with Gasteiger partial charge >= 0.3 is 0 Å². The molecule has 2 fully saturated rings. The first kappa shape index (κ1) is 10.4. The Morgan fingerprint density at radius 2 is 2.07 bits per heavy atom. The molecule has 0 aromatic heterocycles. The third kappa shape index (κ3) is 2.48. The molecule has 0 heterocycles. The number of rotatable bonds is 5. The second-order valence-corrected chi connectivity index (χ2v) is 5.20. The van der Waals surface area contributed by atoms with E-state index in [1.807, 2.05) is 0 Å². The standard InChI is InChI=1S/C12H23NO/c1-2-5-10-8-11(10)13-9-12(14)6-3-4-7-12/h10-11,13-14H,2-9H2,1H3. The van der Waals surface area contributed by atoms with Crippen LogP contribution in [0.25, 0.3) is 0 Å². The Morgan fingerprint density at radius 1 is 1.36 bits per heavy atom. The minimum atomic E-state index is -0.362. The topological polar surface area (TPSA) is 32.3 Å². The molecule has 0 aliphatic heterocycles. The van der Waals surface area contributed by atoms with Gasteiger partial charge < -0.3 is 10.4 Å². The third-order valence-corrected chi connectivity index (χ3v) is 3.81. The van der Waals surface area contributed by atoms with E-state index in [9.17, 15) is 5.11 Å². The normalized spacial score (nSPS) is 34.7. The molecule has 2 heteroatoms. The van der Waals surface area contributed by atoms with E-state index in [0.717, 1.165) is 31.3 Å². The predicted octanol–water partition coefficient (Wildman–Crippen LogP) is 2.07. The van der Waals surface area contributed by atoms with Crippen LogP contribution >= 0.6 is 0 Å². The van der Waals surface area contributed by atoms with E-state index in [1.54, 1.807) is 0 Å². The fourth-order valence-corrected chi connectivity index (χ4v) is 2.72. The average molecular weight is 197 g/mol. The quantitative estimate of drug-likeness (QED) is 0.707. The molecule has 2 rings (SSSR count). The summed E-state index contributed by atoms with van der Waals surface area (Å²) in [5.41, 5.74) is -0.362. The van der Waals surface area contributed by atoms with E-state index in [0.29, 0.717) is 0 Å². The van der Waals surface area contributed by atoms with Gasteiger partial charge in [-0.25, -0.2) is 0 Å². The van der Waals surface area contributed by atoms with E-state index in [4.69, 9.17) is 0 Å². The van der Waals surface area contributed by atoms with E-state index in [1.165, 1.54) is 32.1 Å². The third-order valence-electron chi connectivity index (χ3n) is 3.81. The first-order valence-electron chi connectivity index (χ1n) is 6.19. The molecule has 0 saturated heterocycles. The SMILES string of the molecule is CCCC1CC1NCC1(O)CCCC1. The molecule has 0 aromatic carbocycles. The van der Waals surface area contributed by atoms with Crippen LogP contribution in [0.2, 0.25) is 0 Å². The lowest BCUT2D eigenvalue weighted by molar-refractivity contribution is 0.0470. The zero-order valence-electron chi connectivity index (χ0n) is 9.26. The van der Waals surface area contributed by atoms with E-state index < -0.39 is 0 Å². The van der Waals surface area contributed by atoms with Crippen LogP contribution in [0.3, 0.4) is 0 Å². The van der Waals surface area contributed by atoms with Gasteiger partial charge in [0.25, 0.3) is 0 Å². The molecular formula is C12H23NO. The molecule has 0 spiro atoms. The highest BCUT2D eigenvalue weighted by Gasteiger charge is 2.38. The Kier molecular flexibility index (Phi) is 3.13. The maximum Gasteiger partial charge on any atom is 0.0771 e. The van der Waals surface area contributed by atoms with Crippen LogP contribution in [-0.2, 0) is 0 Å². The lowest BCUT2D eigenvalue weighted by Gasteiger charge is -2.22. The summed E-state index contributed by atoms with van der Waals surface area (Å²) in [7, 11) is 0. The van der Waals surface area contributed by atoms with Crippen LogP contribution < -0.4 is 5.32 Å². The maximum atomic E-state index is 10.1. The largest absolute Gasteiger partial charge is 0.389 e. The van der Waals surface area contributed by atoms with Crippen LogP contribution in [0.4, 0.5) is 0 Å². The summed E-state index contributed by atoms with van der Waals surface area (Å²) in [6.45, 7) is 3.08. The summed E-state index contributed by atoms with van der Waals surface area (Å²) in [5, 5.41) is 13.6. The van der Waals surface area contributed by atoms with E-state index >= 15 is 0 Å². The summed E-state index contributed by atoms with van der Waals surface area (Å²) in [6.07, 6.45) is 8.42. The highest BCUT2D eigenvalue weighted by Crippen LogP contribution is 2.36. The smallest absolute Gasteiger partial charge is 0.0771 e. The zero-order chi connectivity index (χ0) is 10.0. The van der Waals surface area contributed by atoms with Gasteiger partial charge in [-0.1, -0.05) is 26.2 Å². The van der Waals surface area contributed by atoms with Crippen LogP contribution in [0.1, 0.15) is 51.9 Å². The molecule has 2 nitrogen and oxygen atoms in total. The van der Waals surface area contributed by atoms with Crippen molar-refractivity contribution in [1.82, 2.24) is 5.32 Å². The monoisotopic (exact) mass is 197 g/mol. The van der Waals surface area contributed by atoms with Gasteiger partial charge in [0.2, 0.25) is 0 Å². The molecule has 2 saturated carbocycles. The van der Waals surface area contributed by atoms with Crippen molar-refractivity contribution in [2.45, 2.75) is 63.5 Å². The van der Waals surface area contributed by atoms with E-state index in [-0.39, 0.29) is 5.60 Å². The van der Waals surface area contributed by atoms with Crippen LogP contribution in [0, 0.1) is 5.92 Å². The molecule has 2 unspecified atom stereocenters. The molecule has 0 radical (unpaired) electrons. The van der Waals surface area contributed by atoms with Crippen LogP contribution in [0.5, 0.6) is 0 Å². The van der Waals surface area contributed by atoms with Gasteiger partial charge in [0.05, 0.1) is 5.60 Å². The average Bonchev–Trinajstić information content (AvgIpc) is 2.76. The fraction of sp³-hybridized carbons (Fsp3) is 1.00. The lowest BCUT2D eigenvalue weighted by Crippen LogP contribution is -2.39. The number of hydrogen-bond acceptors (Lipinski definition) is 2. The van der Waals surface area contributed by atoms with Crippen molar-refractivity contribution >= 4 is 0 Å². The van der Waals surface area contributed by atoms with Gasteiger partial charge in [0, 0.05) is 12.6 Å². The molecule has 0 amide bonds. The van der Waals surface area contributed by atoms with Crippen LogP contribution in [0.15, 0.2) is 0 Å². The highest BCUT2D eigenvalue weighted by atomic mass is 16.3. The van der Waals surface area contributed by atoms with Gasteiger partial charge in [-0.2, -0.15) is 0 Å². The molecule has 82 valence electrons. The molecular weight excluding hydrogens is 174 g/mol. The Balaban J connectivity index is 1.63. The van der Waals surface area contributed by atoms with Crippen molar-refractivity contribution in [1.29, 1.82) is 0 Å². The molecule has 2 aliphatic rings. The van der Waals surface area contributed by atoms with Gasteiger partial charge in [0.1, 0.15) is 0 Å². The first-order valence-corrected chi connectivity index (χ1v) is 6.19. The summed E-state index contributed by atoms with van der Waals surface area (Å²) in [4.78, 5) is 0. The van der Waals surface area contributed by atoms with Crippen molar-refractivity contribution in [2.24, 2.45) is 5.92 Å². The summed E-state index contributed by atoms with van der Waals surface area (Å²) >= 11 is 0. The van der Waals surface area contributed by atoms with Crippen molar-refractivity contribution in [3.8, 4) is 0 Å². The Morgan fingerprint density at radius 3 is 2.71 bits per heavy atom. The minimum absolute atomic E-state index is 0.362. The second kappa shape index (κ2) is 4.19. The molecule has 0 aromatic rings. The van der Waals surface area contributed by atoms with Crippen molar-refractivity contribution < 1.29 is 5.11 Å². The van der Waals surface area contributed by atoms with Crippen molar-refractivity contribution in [3.63, 3.8) is 0 Å². The van der Waals surface area contributed by atoms with Gasteiger partial charge in [-0.05, 0) is 31.6 Å². The Labute approximate surface area is 87.1 Å². The summed E-state index contributed by atoms with van der Waals surface area (Å²) in [5.74, 6) is 0.907. The second-order valence-electron chi connectivity index (χ2n) is 5.20. The van der Waals surface area contributed by atoms with Crippen LogP contribution in [-0.4, -0.2) is 23.3 Å². The zero-order valence-corrected chi connectivity index (χ0v) is 9.26. The summed E-state index contributed by atoms with van der Waals surface area (Å²) < 4.78 is 0. The number of nitrogens with one attached hydrogen (secondary N) is 1. The molecule has 0 bridgehead atoms. The highest BCUT2D eigenvalue weighted by molar-refractivity contribution is 4.96. The number of aliphatic hydroxyl groups is 1. The van der Waals surface area contributed by atoms with Gasteiger partial charge in [-0.15, -0.1) is 0 Å². The van der Waals surface area contributed by atoms with E-state index in [2.05, 4.69) is 12.2 Å². The Bertz CT molecular complexity index is 187. The maximum absolute atomic E-state index is 10.1. The lowest BCUT2D eigenvalue weighted by atomic mass is 10.0. The number of hydrogen-bond donors (Lipinski definition) is 2. The fourth-order valence-electron chi connectivity index (χ4n) is 2.72. The first-order chi connectivity index (χ1) is 6.73.